The number of hydrogen-bond donors (Lipinski definition) is 2. The van der Waals surface area contributed by atoms with Crippen LogP contribution in [-0.4, -0.2) is 21.8 Å². The van der Waals surface area contributed by atoms with Gasteiger partial charge in [-0.3, -0.25) is 9.36 Å². The highest BCUT2D eigenvalue weighted by atomic mass is 19.4. The minimum Gasteiger partial charge on any atom is -0.310 e. The number of alkyl halides is 3. The third-order valence-corrected chi connectivity index (χ3v) is 5.03. The van der Waals surface area contributed by atoms with Gasteiger partial charge in [-0.2, -0.15) is 13.2 Å². The smallest absolute Gasteiger partial charge is 0.310 e. The maximum atomic E-state index is 14.2. The van der Waals surface area contributed by atoms with E-state index in [1.165, 1.54) is 35.3 Å². The Bertz CT molecular complexity index is 1110. The fourth-order valence-electron chi connectivity index (χ4n) is 3.24. The van der Waals surface area contributed by atoms with Gasteiger partial charge < -0.3 is 10.6 Å². The summed E-state index contributed by atoms with van der Waals surface area (Å²) in [5, 5.41) is 4.44. The molecule has 2 heterocycles. The van der Waals surface area contributed by atoms with Crippen LogP contribution in [0.15, 0.2) is 35.5 Å². The van der Waals surface area contributed by atoms with Crippen LogP contribution >= 0.6 is 0 Å². The third-order valence-electron chi connectivity index (χ3n) is 5.03. The van der Waals surface area contributed by atoms with Crippen molar-refractivity contribution in [2.24, 2.45) is 5.92 Å². The van der Waals surface area contributed by atoms with Crippen molar-refractivity contribution in [3.8, 4) is 11.8 Å². The predicted octanol–water partition coefficient (Wildman–Crippen LogP) is 2.91. The first-order chi connectivity index (χ1) is 13.7. The van der Waals surface area contributed by atoms with Crippen molar-refractivity contribution < 1.29 is 18.0 Å². The van der Waals surface area contributed by atoms with Crippen LogP contribution in [-0.2, 0) is 12.1 Å². The number of fused-ring (bicyclic) bond motifs is 1. The van der Waals surface area contributed by atoms with Crippen LogP contribution in [0.3, 0.4) is 0 Å². The molecule has 0 spiro atoms. The summed E-state index contributed by atoms with van der Waals surface area (Å²) < 4.78 is 43.8. The minimum atomic E-state index is -4.81. The van der Waals surface area contributed by atoms with E-state index >= 15 is 0 Å². The van der Waals surface area contributed by atoms with Crippen molar-refractivity contribution >= 4 is 11.7 Å². The van der Waals surface area contributed by atoms with Gasteiger partial charge in [0.15, 0.2) is 0 Å². The van der Waals surface area contributed by atoms with Gasteiger partial charge in [-0.15, -0.1) is 0 Å². The fourth-order valence-corrected chi connectivity index (χ4v) is 3.24. The number of nitrogens with one attached hydrogen (secondary N) is 2. The molecule has 6 nitrogen and oxygen atoms in total. The maximum absolute atomic E-state index is 14.2. The summed E-state index contributed by atoms with van der Waals surface area (Å²) in [5.41, 5.74) is -2.07. The number of aromatic nitrogens is 2. The van der Waals surface area contributed by atoms with Crippen molar-refractivity contribution in [2.45, 2.75) is 38.0 Å². The molecule has 2 aromatic rings. The molecule has 29 heavy (non-hydrogen) atoms. The molecule has 9 heteroatoms. The van der Waals surface area contributed by atoms with E-state index in [9.17, 15) is 22.8 Å². The summed E-state index contributed by atoms with van der Waals surface area (Å²) >= 11 is 0. The van der Waals surface area contributed by atoms with Gasteiger partial charge in [0.25, 0.3) is 5.56 Å². The molecule has 1 aliphatic heterocycles. The Morgan fingerprint density at radius 1 is 1.31 bits per heavy atom. The molecule has 1 atom stereocenters. The first-order valence-corrected chi connectivity index (χ1v) is 9.03. The van der Waals surface area contributed by atoms with E-state index in [2.05, 4.69) is 22.1 Å². The summed E-state index contributed by atoms with van der Waals surface area (Å²) in [7, 11) is 0. The molecule has 0 radical (unpaired) electrons. The average molecular weight is 402 g/mol. The van der Waals surface area contributed by atoms with E-state index in [1.807, 2.05) is 5.32 Å². The van der Waals surface area contributed by atoms with E-state index < -0.39 is 17.7 Å². The van der Waals surface area contributed by atoms with Crippen molar-refractivity contribution in [2.75, 3.05) is 5.32 Å². The van der Waals surface area contributed by atoms with Gasteiger partial charge in [-0.05, 0) is 43.0 Å². The number of nitrogens with zero attached hydrogens (tertiary/aromatic N) is 2. The zero-order valence-corrected chi connectivity index (χ0v) is 15.4. The van der Waals surface area contributed by atoms with Crippen LogP contribution in [0, 0.1) is 24.7 Å². The van der Waals surface area contributed by atoms with Gasteiger partial charge in [-0.1, -0.05) is 11.8 Å². The van der Waals surface area contributed by atoms with Gasteiger partial charge in [0.05, 0.1) is 12.9 Å². The Balaban J connectivity index is 1.84. The van der Waals surface area contributed by atoms with Crippen LogP contribution < -0.4 is 16.2 Å². The number of anilines is 1. The van der Waals surface area contributed by atoms with Gasteiger partial charge in [0.2, 0.25) is 5.54 Å². The van der Waals surface area contributed by atoms with E-state index in [0.29, 0.717) is 11.1 Å². The van der Waals surface area contributed by atoms with E-state index in [4.69, 9.17) is 0 Å². The summed E-state index contributed by atoms with van der Waals surface area (Å²) in [6.07, 6.45) is -0.575. The molecule has 1 aliphatic carbocycles. The molecular formula is C20H17F3N4O2. The monoisotopic (exact) mass is 402 g/mol. The lowest BCUT2D eigenvalue weighted by Crippen LogP contribution is -2.59. The topological polar surface area (TPSA) is 76.0 Å². The standard InChI is InChI=1S/C20H17F3N4O2/c1-12-8-15-16(9-14(12)10-27-11-24-7-5-17(27)28)25-18(29)26-19(15,20(21,22)23)6-4-13-2-3-13/h5,7-9,11,13H,2-3,10H2,1H3,(H2,25,26,29). The quantitative estimate of drug-likeness (QED) is 0.759. The van der Waals surface area contributed by atoms with Crippen molar-refractivity contribution in [3.05, 3.63) is 57.8 Å². The SMILES string of the molecule is Cc1cc2c(cc1Cn1cnccc1=O)NC(=O)NC2(C#CC1CC1)C(F)(F)F. The Morgan fingerprint density at radius 2 is 2.07 bits per heavy atom. The fraction of sp³-hybridized carbons (Fsp3) is 0.350. The van der Waals surface area contributed by atoms with Gasteiger partial charge in [0.1, 0.15) is 0 Å². The molecule has 1 fully saturated rings. The highest BCUT2D eigenvalue weighted by Crippen LogP contribution is 2.45. The molecule has 0 bridgehead atoms. The van der Waals surface area contributed by atoms with Gasteiger partial charge in [0, 0.05) is 29.4 Å². The number of carbonyl (C=O) groups is 1. The Labute approximate surface area is 164 Å². The molecule has 4 rings (SSSR count). The Morgan fingerprint density at radius 3 is 2.72 bits per heavy atom. The van der Waals surface area contributed by atoms with Crippen LogP contribution in [0.4, 0.5) is 23.7 Å². The van der Waals surface area contributed by atoms with Crippen molar-refractivity contribution in [3.63, 3.8) is 0 Å². The summed E-state index contributed by atoms with van der Waals surface area (Å²) in [6, 6.07) is 3.14. The number of urea groups is 1. The van der Waals surface area contributed by atoms with E-state index in [0.717, 1.165) is 12.8 Å². The van der Waals surface area contributed by atoms with Crippen molar-refractivity contribution in [1.29, 1.82) is 0 Å². The number of carbonyl (C=O) groups excluding carboxylic acids is 1. The second-order valence-corrected chi connectivity index (χ2v) is 7.24. The van der Waals surface area contributed by atoms with E-state index in [1.54, 1.807) is 6.92 Å². The molecule has 0 saturated heterocycles. The minimum absolute atomic E-state index is 0.0220. The highest BCUT2D eigenvalue weighted by Gasteiger charge is 2.59. The number of benzene rings is 1. The number of rotatable bonds is 2. The highest BCUT2D eigenvalue weighted by molar-refractivity contribution is 5.95. The van der Waals surface area contributed by atoms with Gasteiger partial charge >= 0.3 is 12.2 Å². The summed E-state index contributed by atoms with van der Waals surface area (Å²) in [5.74, 6) is 4.90. The lowest BCUT2D eigenvalue weighted by atomic mass is 9.84. The number of aryl methyl sites for hydroxylation is 1. The molecule has 2 amide bonds. The zero-order chi connectivity index (χ0) is 20.8. The van der Waals surface area contributed by atoms with Crippen LogP contribution in [0.25, 0.3) is 0 Å². The van der Waals surface area contributed by atoms with Crippen LogP contribution in [0.5, 0.6) is 0 Å². The second-order valence-electron chi connectivity index (χ2n) is 7.24. The summed E-state index contributed by atoms with van der Waals surface area (Å²) in [4.78, 5) is 27.9. The normalized spacial score (nSPS) is 20.8. The largest absolute Gasteiger partial charge is 0.427 e. The Hall–Kier alpha value is -3.28. The first kappa shape index (κ1) is 19.1. The van der Waals surface area contributed by atoms with E-state index in [-0.39, 0.29) is 29.3 Å². The van der Waals surface area contributed by atoms with Crippen LogP contribution in [0.2, 0.25) is 0 Å². The van der Waals surface area contributed by atoms with Crippen LogP contribution in [0.1, 0.15) is 29.5 Å². The maximum Gasteiger partial charge on any atom is 0.427 e. The molecule has 1 aromatic carbocycles. The van der Waals surface area contributed by atoms with Crippen molar-refractivity contribution in [1.82, 2.24) is 14.9 Å². The lowest BCUT2D eigenvalue weighted by Gasteiger charge is -2.37. The third kappa shape index (κ3) is 3.46. The lowest BCUT2D eigenvalue weighted by molar-refractivity contribution is -0.178. The summed E-state index contributed by atoms with van der Waals surface area (Å²) in [6.45, 7) is 1.77. The van der Waals surface area contributed by atoms with Gasteiger partial charge in [-0.25, -0.2) is 9.78 Å². The molecule has 1 aromatic heterocycles. The molecule has 2 N–H and O–H groups in total. The number of amides is 2. The molecule has 1 unspecified atom stereocenters. The molecular weight excluding hydrogens is 385 g/mol. The average Bonchev–Trinajstić information content (AvgIpc) is 3.46. The molecule has 2 aliphatic rings. The second kappa shape index (κ2) is 6.65. The Kier molecular flexibility index (Phi) is 4.37. The molecule has 1 saturated carbocycles. The number of hydrogen-bond acceptors (Lipinski definition) is 3. The predicted molar refractivity (Wildman–Crippen MR) is 99.2 cm³/mol. The zero-order valence-electron chi connectivity index (χ0n) is 15.4. The molecule has 150 valence electrons. The number of halogens is 3. The first-order valence-electron chi connectivity index (χ1n) is 9.03.